The standard InChI is InChI=1S/C15H19F3O/c1-11(10-15(16,17)18)9-14(2,3)13(19)12-7-5-4-6-8-12/h4-8,11H,9-10H2,1-3H3. The van der Waals surface area contributed by atoms with E-state index < -0.39 is 23.9 Å². The molecule has 0 fully saturated rings. The first-order valence-electron chi connectivity index (χ1n) is 6.28. The van der Waals surface area contributed by atoms with Crippen LogP contribution in [0.15, 0.2) is 30.3 Å². The molecule has 1 aromatic rings. The quantitative estimate of drug-likeness (QED) is 0.698. The summed E-state index contributed by atoms with van der Waals surface area (Å²) in [6.45, 7) is 4.94. The van der Waals surface area contributed by atoms with Crippen molar-refractivity contribution in [2.75, 3.05) is 0 Å². The van der Waals surface area contributed by atoms with Gasteiger partial charge in [0.25, 0.3) is 0 Å². The molecule has 1 atom stereocenters. The third kappa shape index (κ3) is 5.05. The highest BCUT2D eigenvalue weighted by Gasteiger charge is 2.35. The van der Waals surface area contributed by atoms with Crippen molar-refractivity contribution in [3.05, 3.63) is 35.9 Å². The molecule has 0 radical (unpaired) electrons. The molecule has 0 spiro atoms. The minimum absolute atomic E-state index is 0.109. The summed E-state index contributed by atoms with van der Waals surface area (Å²) in [5.74, 6) is -0.676. The molecule has 0 amide bonds. The molecule has 0 N–H and O–H groups in total. The lowest BCUT2D eigenvalue weighted by Gasteiger charge is -2.27. The molecule has 0 aromatic heterocycles. The van der Waals surface area contributed by atoms with Crippen molar-refractivity contribution in [2.24, 2.45) is 11.3 Å². The molecule has 4 heteroatoms. The van der Waals surface area contributed by atoms with E-state index >= 15 is 0 Å². The Kier molecular flexibility index (Phi) is 4.77. The van der Waals surface area contributed by atoms with Crippen LogP contribution in [0.1, 0.15) is 44.0 Å². The van der Waals surface area contributed by atoms with Crippen LogP contribution >= 0.6 is 0 Å². The van der Waals surface area contributed by atoms with Gasteiger partial charge in [-0.3, -0.25) is 4.79 Å². The van der Waals surface area contributed by atoms with Gasteiger partial charge >= 0.3 is 6.18 Å². The lowest BCUT2D eigenvalue weighted by Crippen LogP contribution is -2.28. The SMILES string of the molecule is CC(CC(F)(F)F)CC(C)(C)C(=O)c1ccccc1. The first-order valence-corrected chi connectivity index (χ1v) is 6.28. The molecule has 0 aliphatic heterocycles. The monoisotopic (exact) mass is 272 g/mol. The fourth-order valence-electron chi connectivity index (χ4n) is 2.41. The number of ketones is 1. The van der Waals surface area contributed by atoms with Crippen LogP contribution < -0.4 is 0 Å². The number of carbonyl (C=O) groups is 1. The number of benzene rings is 1. The smallest absolute Gasteiger partial charge is 0.294 e. The molecular formula is C15H19F3O. The molecule has 0 aliphatic rings. The molecule has 106 valence electrons. The molecule has 19 heavy (non-hydrogen) atoms. The Morgan fingerprint density at radius 3 is 2.11 bits per heavy atom. The average Bonchev–Trinajstić information content (AvgIpc) is 2.25. The largest absolute Gasteiger partial charge is 0.389 e. The van der Waals surface area contributed by atoms with E-state index in [2.05, 4.69) is 0 Å². The summed E-state index contributed by atoms with van der Waals surface area (Å²) in [5.41, 5.74) is -0.238. The predicted octanol–water partition coefficient (Wildman–Crippen LogP) is 4.87. The number of hydrogen-bond donors (Lipinski definition) is 0. The van der Waals surface area contributed by atoms with E-state index in [4.69, 9.17) is 0 Å². The molecule has 1 nitrogen and oxygen atoms in total. The number of rotatable bonds is 5. The highest BCUT2D eigenvalue weighted by Crippen LogP contribution is 2.34. The summed E-state index contributed by atoms with van der Waals surface area (Å²) in [4.78, 5) is 12.3. The highest BCUT2D eigenvalue weighted by atomic mass is 19.4. The van der Waals surface area contributed by atoms with E-state index in [0.717, 1.165) is 0 Å². The average molecular weight is 272 g/mol. The van der Waals surface area contributed by atoms with Crippen LogP contribution in [0.25, 0.3) is 0 Å². The zero-order valence-corrected chi connectivity index (χ0v) is 11.4. The molecule has 1 rings (SSSR count). The number of hydrogen-bond acceptors (Lipinski definition) is 1. The Morgan fingerprint density at radius 1 is 1.11 bits per heavy atom. The summed E-state index contributed by atoms with van der Waals surface area (Å²) in [6, 6.07) is 8.69. The van der Waals surface area contributed by atoms with Gasteiger partial charge in [0, 0.05) is 17.4 Å². The van der Waals surface area contributed by atoms with Gasteiger partial charge in [0.15, 0.2) is 5.78 Å². The van der Waals surface area contributed by atoms with Crippen molar-refractivity contribution in [1.29, 1.82) is 0 Å². The normalized spacial score (nSPS) is 14.2. The van der Waals surface area contributed by atoms with E-state index in [-0.39, 0.29) is 12.2 Å². The van der Waals surface area contributed by atoms with Gasteiger partial charge in [-0.2, -0.15) is 13.2 Å². The number of carbonyl (C=O) groups excluding carboxylic acids is 1. The van der Waals surface area contributed by atoms with E-state index in [9.17, 15) is 18.0 Å². The van der Waals surface area contributed by atoms with E-state index in [1.54, 1.807) is 44.2 Å². The Balaban J connectivity index is 2.73. The maximum Gasteiger partial charge on any atom is 0.389 e. The molecule has 0 saturated heterocycles. The van der Waals surface area contributed by atoms with Crippen LogP contribution in [0.4, 0.5) is 13.2 Å². The van der Waals surface area contributed by atoms with Gasteiger partial charge in [-0.05, 0) is 12.3 Å². The molecule has 0 saturated carbocycles. The first-order chi connectivity index (χ1) is 8.62. The van der Waals surface area contributed by atoms with Crippen molar-refractivity contribution in [3.63, 3.8) is 0 Å². The number of Topliss-reactive ketones (excluding diaryl/α,β-unsaturated/α-hetero) is 1. The lowest BCUT2D eigenvalue weighted by atomic mass is 9.76. The van der Waals surface area contributed by atoms with E-state index in [0.29, 0.717) is 5.56 Å². The summed E-state index contributed by atoms with van der Waals surface area (Å²) in [6.07, 6.45) is -4.80. The van der Waals surface area contributed by atoms with E-state index in [1.165, 1.54) is 6.92 Å². The minimum atomic E-state index is -4.18. The Bertz CT molecular complexity index is 421. The first kappa shape index (κ1) is 15.7. The Labute approximate surface area is 111 Å². The second-order valence-electron chi connectivity index (χ2n) is 5.71. The third-order valence-corrected chi connectivity index (χ3v) is 3.09. The van der Waals surface area contributed by atoms with Crippen LogP contribution in [0.3, 0.4) is 0 Å². The van der Waals surface area contributed by atoms with Crippen LogP contribution in [0.5, 0.6) is 0 Å². The zero-order chi connectivity index (χ0) is 14.7. The maximum absolute atomic E-state index is 12.3. The maximum atomic E-state index is 12.3. The van der Waals surface area contributed by atoms with Gasteiger partial charge in [0.05, 0.1) is 0 Å². The van der Waals surface area contributed by atoms with Gasteiger partial charge < -0.3 is 0 Å². The van der Waals surface area contributed by atoms with Gasteiger partial charge in [-0.1, -0.05) is 51.1 Å². The third-order valence-electron chi connectivity index (χ3n) is 3.09. The summed E-state index contributed by atoms with van der Waals surface area (Å²) >= 11 is 0. The molecule has 0 aliphatic carbocycles. The van der Waals surface area contributed by atoms with Crippen molar-refractivity contribution < 1.29 is 18.0 Å². The molecular weight excluding hydrogens is 253 g/mol. The second kappa shape index (κ2) is 5.76. The fourth-order valence-corrected chi connectivity index (χ4v) is 2.41. The molecule has 1 aromatic carbocycles. The summed E-state index contributed by atoms with van der Waals surface area (Å²) < 4.78 is 37.0. The molecule has 0 bridgehead atoms. The van der Waals surface area contributed by atoms with Crippen molar-refractivity contribution in [2.45, 2.75) is 39.8 Å². The Hall–Kier alpha value is -1.32. The topological polar surface area (TPSA) is 17.1 Å². The van der Waals surface area contributed by atoms with Gasteiger partial charge in [0.1, 0.15) is 0 Å². The Morgan fingerprint density at radius 2 is 1.63 bits per heavy atom. The fraction of sp³-hybridized carbons (Fsp3) is 0.533. The lowest BCUT2D eigenvalue weighted by molar-refractivity contribution is -0.144. The number of halogens is 3. The molecule has 0 heterocycles. The minimum Gasteiger partial charge on any atom is -0.294 e. The van der Waals surface area contributed by atoms with Crippen LogP contribution in [-0.2, 0) is 0 Å². The van der Waals surface area contributed by atoms with Crippen LogP contribution in [0, 0.1) is 11.3 Å². The van der Waals surface area contributed by atoms with Crippen molar-refractivity contribution in [3.8, 4) is 0 Å². The van der Waals surface area contributed by atoms with Gasteiger partial charge in [-0.15, -0.1) is 0 Å². The summed E-state index contributed by atoms with van der Waals surface area (Å²) in [7, 11) is 0. The van der Waals surface area contributed by atoms with E-state index in [1.807, 2.05) is 0 Å². The van der Waals surface area contributed by atoms with Crippen molar-refractivity contribution in [1.82, 2.24) is 0 Å². The van der Waals surface area contributed by atoms with Crippen LogP contribution in [-0.4, -0.2) is 12.0 Å². The van der Waals surface area contributed by atoms with Gasteiger partial charge in [0.2, 0.25) is 0 Å². The van der Waals surface area contributed by atoms with Crippen molar-refractivity contribution >= 4 is 5.78 Å². The van der Waals surface area contributed by atoms with Gasteiger partial charge in [-0.25, -0.2) is 0 Å². The predicted molar refractivity (Wildman–Crippen MR) is 69.0 cm³/mol. The second-order valence-corrected chi connectivity index (χ2v) is 5.71. The zero-order valence-electron chi connectivity index (χ0n) is 11.4. The molecule has 1 unspecified atom stereocenters. The summed E-state index contributed by atoms with van der Waals surface area (Å²) in [5, 5.41) is 0. The number of alkyl halides is 3. The van der Waals surface area contributed by atoms with Crippen LogP contribution in [0.2, 0.25) is 0 Å². The highest BCUT2D eigenvalue weighted by molar-refractivity contribution is 5.99.